The number of nitrogens with zero attached hydrogens (tertiary/aromatic N) is 2. The average molecular weight is 536 g/mol. The molecule has 2 aliphatic heterocycles. The lowest BCUT2D eigenvalue weighted by molar-refractivity contribution is -0.141. The fraction of sp³-hybridized carbons (Fsp3) is 0.600. The van der Waals surface area contributed by atoms with Gasteiger partial charge in [-0.15, -0.1) is 0 Å². The number of fused-ring (bicyclic) bond motifs is 5. The maximum absolute atomic E-state index is 14.2. The van der Waals surface area contributed by atoms with Gasteiger partial charge >= 0.3 is 6.03 Å². The Hall–Kier alpha value is -3.36. The molecule has 5 amide bonds. The van der Waals surface area contributed by atoms with Gasteiger partial charge in [-0.3, -0.25) is 14.4 Å². The first kappa shape index (κ1) is 27.2. The number of hydrogen-bond donors (Lipinski definition) is 3. The predicted octanol–water partition coefficient (Wildman–Crippen LogP) is 3.82. The third-order valence-electron chi connectivity index (χ3n) is 8.72. The molecule has 0 spiro atoms. The minimum absolute atomic E-state index is 0.132. The summed E-state index contributed by atoms with van der Waals surface area (Å²) in [6.45, 7) is 9.83. The minimum Gasteiger partial charge on any atom is -0.356 e. The van der Waals surface area contributed by atoms with Crippen LogP contribution in [0.4, 0.5) is 4.79 Å². The second kappa shape index (κ2) is 10.3. The molecule has 1 aliphatic carbocycles. The van der Waals surface area contributed by atoms with Gasteiger partial charge in [-0.25, -0.2) is 9.69 Å². The van der Waals surface area contributed by atoms with Gasteiger partial charge in [-0.2, -0.15) is 0 Å². The summed E-state index contributed by atoms with van der Waals surface area (Å²) >= 11 is 0. The highest BCUT2D eigenvalue weighted by molar-refractivity contribution is 6.11. The highest BCUT2D eigenvalue weighted by Gasteiger charge is 2.61. The van der Waals surface area contributed by atoms with Gasteiger partial charge in [0.2, 0.25) is 11.8 Å². The van der Waals surface area contributed by atoms with E-state index in [4.69, 9.17) is 0 Å². The SMILES string of the molecule is CC(C)C[C@H](NC(=O)[C@H](C(C)C)N1C(=O)N2CCc3c([nH]c4ccccc34)[C@@]2(C)C1=O)C(=O)NC1CCCC1. The summed E-state index contributed by atoms with van der Waals surface area (Å²) in [7, 11) is 0. The summed E-state index contributed by atoms with van der Waals surface area (Å²) < 4.78 is 0. The van der Waals surface area contributed by atoms with Crippen LogP contribution in [-0.4, -0.2) is 63.2 Å². The number of benzene rings is 1. The number of amides is 5. The van der Waals surface area contributed by atoms with Crippen molar-refractivity contribution in [2.75, 3.05) is 6.54 Å². The average Bonchev–Trinajstić information content (AvgIpc) is 3.57. The van der Waals surface area contributed by atoms with E-state index in [0.29, 0.717) is 25.1 Å². The lowest BCUT2D eigenvalue weighted by Gasteiger charge is -2.36. The van der Waals surface area contributed by atoms with E-state index in [0.717, 1.165) is 47.0 Å². The fourth-order valence-electron chi connectivity index (χ4n) is 6.71. The Balaban J connectivity index is 1.43. The van der Waals surface area contributed by atoms with Crippen molar-refractivity contribution in [1.82, 2.24) is 25.4 Å². The predicted molar refractivity (Wildman–Crippen MR) is 149 cm³/mol. The van der Waals surface area contributed by atoms with Crippen LogP contribution in [0.3, 0.4) is 0 Å². The first-order chi connectivity index (χ1) is 18.5. The van der Waals surface area contributed by atoms with Crippen molar-refractivity contribution < 1.29 is 19.2 Å². The molecule has 0 unspecified atom stereocenters. The number of hydrogen-bond acceptors (Lipinski definition) is 4. The van der Waals surface area contributed by atoms with Crippen molar-refractivity contribution >= 4 is 34.7 Å². The molecule has 3 atom stereocenters. The van der Waals surface area contributed by atoms with E-state index in [1.807, 2.05) is 52.0 Å². The van der Waals surface area contributed by atoms with Gasteiger partial charge < -0.3 is 20.5 Å². The normalized spacial score (nSPS) is 22.9. The standard InChI is InChI=1S/C30H41N5O4/c1-17(2)16-23(26(36)31-19-10-6-7-11-19)33-27(37)24(18(3)4)35-28(38)30(5)25-21(14-15-34(30)29(35)39)20-12-8-9-13-22(20)32-25/h8-9,12-13,17-19,23-24,32H,6-7,10-11,14-16H2,1-5H3,(H,31,36)(H,33,37)/t23-,24-,30-/m0/s1. The summed E-state index contributed by atoms with van der Waals surface area (Å²) in [5.41, 5.74) is 1.45. The molecule has 3 heterocycles. The topological polar surface area (TPSA) is 115 Å². The van der Waals surface area contributed by atoms with Gasteiger partial charge in [0.05, 0.1) is 5.69 Å². The quantitative estimate of drug-likeness (QED) is 0.446. The maximum Gasteiger partial charge on any atom is 0.328 e. The molecule has 39 heavy (non-hydrogen) atoms. The number of H-pyrrole nitrogens is 1. The second-order valence-corrected chi connectivity index (χ2v) is 12.3. The number of urea groups is 1. The van der Waals surface area contributed by atoms with E-state index in [1.165, 1.54) is 0 Å². The monoisotopic (exact) mass is 535 g/mol. The van der Waals surface area contributed by atoms with E-state index in [-0.39, 0.29) is 23.8 Å². The first-order valence-electron chi connectivity index (χ1n) is 14.4. The molecular weight excluding hydrogens is 494 g/mol. The molecule has 2 fully saturated rings. The smallest absolute Gasteiger partial charge is 0.328 e. The minimum atomic E-state index is -1.23. The van der Waals surface area contributed by atoms with E-state index in [1.54, 1.807) is 11.8 Å². The zero-order chi connectivity index (χ0) is 28.1. The van der Waals surface area contributed by atoms with Gasteiger partial charge in [0.1, 0.15) is 12.1 Å². The maximum atomic E-state index is 14.2. The van der Waals surface area contributed by atoms with Crippen LogP contribution >= 0.6 is 0 Å². The van der Waals surface area contributed by atoms with E-state index in [2.05, 4.69) is 15.6 Å². The number of carbonyl (C=O) groups excluding carboxylic acids is 4. The number of rotatable bonds is 8. The fourth-order valence-corrected chi connectivity index (χ4v) is 6.71. The molecule has 2 aromatic rings. The van der Waals surface area contributed by atoms with E-state index in [9.17, 15) is 19.2 Å². The third-order valence-corrected chi connectivity index (χ3v) is 8.72. The molecule has 3 aliphatic rings. The summed E-state index contributed by atoms with van der Waals surface area (Å²) in [5, 5.41) is 7.09. The highest BCUT2D eigenvalue weighted by Crippen LogP contribution is 2.45. The lowest BCUT2D eigenvalue weighted by atomic mass is 9.86. The van der Waals surface area contributed by atoms with Crippen molar-refractivity contribution in [3.63, 3.8) is 0 Å². The number of aromatic amines is 1. The van der Waals surface area contributed by atoms with Crippen LogP contribution in [0.15, 0.2) is 24.3 Å². The molecule has 210 valence electrons. The molecule has 1 aromatic heterocycles. The van der Waals surface area contributed by atoms with Gasteiger partial charge in [0, 0.05) is 23.5 Å². The van der Waals surface area contributed by atoms with Crippen LogP contribution in [0.25, 0.3) is 10.9 Å². The Morgan fingerprint density at radius 2 is 1.77 bits per heavy atom. The van der Waals surface area contributed by atoms with Crippen molar-refractivity contribution in [2.24, 2.45) is 11.8 Å². The molecule has 9 nitrogen and oxygen atoms in total. The number of para-hydroxylation sites is 1. The summed E-state index contributed by atoms with van der Waals surface area (Å²) in [6, 6.07) is 5.81. The molecule has 0 bridgehead atoms. The highest BCUT2D eigenvalue weighted by atomic mass is 16.2. The van der Waals surface area contributed by atoms with Crippen LogP contribution in [0, 0.1) is 11.8 Å². The Kier molecular flexibility index (Phi) is 7.20. The molecule has 1 saturated heterocycles. The third kappa shape index (κ3) is 4.59. The zero-order valence-corrected chi connectivity index (χ0v) is 23.7. The van der Waals surface area contributed by atoms with Crippen molar-refractivity contribution in [3.05, 3.63) is 35.5 Å². The Labute approximate surface area is 230 Å². The van der Waals surface area contributed by atoms with Crippen LogP contribution in [0.1, 0.15) is 78.0 Å². The van der Waals surface area contributed by atoms with Gasteiger partial charge in [0.15, 0.2) is 5.54 Å². The number of carbonyl (C=O) groups is 4. The van der Waals surface area contributed by atoms with Crippen LogP contribution in [0.2, 0.25) is 0 Å². The van der Waals surface area contributed by atoms with Gasteiger partial charge in [0.25, 0.3) is 5.91 Å². The number of aromatic nitrogens is 1. The first-order valence-corrected chi connectivity index (χ1v) is 14.4. The van der Waals surface area contributed by atoms with Gasteiger partial charge in [-0.05, 0) is 56.1 Å². The number of nitrogens with one attached hydrogen (secondary N) is 3. The summed E-state index contributed by atoms with van der Waals surface area (Å²) in [4.78, 5) is 61.2. The van der Waals surface area contributed by atoms with Crippen molar-refractivity contribution in [1.29, 1.82) is 0 Å². The largest absolute Gasteiger partial charge is 0.356 e. The lowest BCUT2D eigenvalue weighted by Crippen LogP contribution is -2.58. The van der Waals surface area contributed by atoms with Crippen LogP contribution in [0.5, 0.6) is 0 Å². The molecule has 0 radical (unpaired) electrons. The van der Waals surface area contributed by atoms with Crippen LogP contribution in [-0.2, 0) is 26.3 Å². The number of imide groups is 1. The Morgan fingerprint density at radius 3 is 2.44 bits per heavy atom. The molecule has 1 aromatic carbocycles. The Morgan fingerprint density at radius 1 is 1.08 bits per heavy atom. The summed E-state index contributed by atoms with van der Waals surface area (Å²) in [5.74, 6) is -1.25. The molecule has 9 heteroatoms. The molecule has 3 N–H and O–H groups in total. The zero-order valence-electron chi connectivity index (χ0n) is 23.7. The van der Waals surface area contributed by atoms with Crippen LogP contribution < -0.4 is 10.6 Å². The van der Waals surface area contributed by atoms with E-state index < -0.39 is 35.5 Å². The van der Waals surface area contributed by atoms with Crippen molar-refractivity contribution in [3.8, 4) is 0 Å². The van der Waals surface area contributed by atoms with E-state index >= 15 is 0 Å². The molecule has 1 saturated carbocycles. The second-order valence-electron chi connectivity index (χ2n) is 12.3. The molecule has 5 rings (SSSR count). The van der Waals surface area contributed by atoms with Crippen molar-refractivity contribution in [2.45, 2.75) is 96.8 Å². The summed E-state index contributed by atoms with van der Waals surface area (Å²) in [6.07, 6.45) is 5.17. The van der Waals surface area contributed by atoms with Gasteiger partial charge in [-0.1, -0.05) is 58.7 Å². The Bertz CT molecular complexity index is 1290. The molecular formula is C30H41N5O4.